The molecule has 0 spiro atoms. The van der Waals surface area contributed by atoms with Crippen molar-refractivity contribution in [3.8, 4) is 5.88 Å². The Labute approximate surface area is 104 Å². The summed E-state index contributed by atoms with van der Waals surface area (Å²) >= 11 is 0. The van der Waals surface area contributed by atoms with E-state index >= 15 is 0 Å². The molecule has 0 saturated carbocycles. The molecule has 1 N–H and O–H groups in total. The molecule has 0 radical (unpaired) electrons. The summed E-state index contributed by atoms with van der Waals surface area (Å²) in [6.45, 7) is 10.6. The molecule has 0 aliphatic heterocycles. The first kappa shape index (κ1) is 13.7. The number of hydrogen-bond acceptors (Lipinski definition) is 4. The summed E-state index contributed by atoms with van der Waals surface area (Å²) in [6.07, 6.45) is 2.78. The van der Waals surface area contributed by atoms with Crippen LogP contribution in [-0.4, -0.2) is 22.1 Å². The van der Waals surface area contributed by atoms with Crippen molar-refractivity contribution in [2.24, 2.45) is 5.92 Å². The Kier molecular flexibility index (Phi) is 5.19. The summed E-state index contributed by atoms with van der Waals surface area (Å²) < 4.78 is 5.53. The van der Waals surface area contributed by atoms with E-state index in [0.29, 0.717) is 17.8 Å². The largest absolute Gasteiger partial charge is 0.475 e. The molecule has 0 aliphatic carbocycles. The molecule has 4 heteroatoms. The number of nitrogens with one attached hydrogen (secondary N) is 1. The molecular weight excluding hydrogens is 214 g/mol. The predicted octanol–water partition coefficient (Wildman–Crippen LogP) is 3.11. The molecule has 4 nitrogen and oxygen atoms in total. The molecule has 1 rings (SSSR count). The smallest absolute Gasteiger partial charge is 0.218 e. The van der Waals surface area contributed by atoms with E-state index < -0.39 is 0 Å². The van der Waals surface area contributed by atoms with Crippen molar-refractivity contribution in [2.45, 2.75) is 53.2 Å². The van der Waals surface area contributed by atoms with Crippen molar-refractivity contribution in [1.82, 2.24) is 9.97 Å². The Morgan fingerprint density at radius 2 is 1.88 bits per heavy atom. The second-order valence-electron chi connectivity index (χ2n) is 5.08. The van der Waals surface area contributed by atoms with Gasteiger partial charge in [0.25, 0.3) is 0 Å². The Hall–Kier alpha value is -1.32. The van der Waals surface area contributed by atoms with Crippen molar-refractivity contribution < 1.29 is 4.74 Å². The lowest BCUT2D eigenvalue weighted by atomic mass is 10.1. The van der Waals surface area contributed by atoms with Crippen molar-refractivity contribution in [1.29, 1.82) is 0 Å². The van der Waals surface area contributed by atoms with Gasteiger partial charge < -0.3 is 10.1 Å². The molecule has 1 aromatic heterocycles. The Bertz CT molecular complexity index is 339. The highest BCUT2D eigenvalue weighted by Crippen LogP contribution is 2.15. The Balaban J connectivity index is 2.59. The van der Waals surface area contributed by atoms with Crippen LogP contribution in [-0.2, 0) is 0 Å². The number of rotatable bonds is 6. The van der Waals surface area contributed by atoms with Crippen molar-refractivity contribution in [3.05, 3.63) is 12.4 Å². The maximum atomic E-state index is 5.53. The van der Waals surface area contributed by atoms with Crippen LogP contribution in [0.5, 0.6) is 5.88 Å². The molecule has 96 valence electrons. The van der Waals surface area contributed by atoms with Gasteiger partial charge in [-0.15, -0.1) is 0 Å². The normalized spacial score (nSPS) is 12.9. The molecule has 17 heavy (non-hydrogen) atoms. The van der Waals surface area contributed by atoms with Gasteiger partial charge in [-0.2, -0.15) is 0 Å². The van der Waals surface area contributed by atoms with Crippen molar-refractivity contribution in [3.63, 3.8) is 0 Å². The predicted molar refractivity (Wildman–Crippen MR) is 70.3 cm³/mol. The molecule has 1 heterocycles. The van der Waals surface area contributed by atoms with Crippen molar-refractivity contribution in [2.75, 3.05) is 5.32 Å². The summed E-state index contributed by atoms with van der Waals surface area (Å²) in [5.41, 5.74) is 0. The fraction of sp³-hybridized carbons (Fsp3) is 0.692. The van der Waals surface area contributed by atoms with Crippen LogP contribution in [0.2, 0.25) is 0 Å². The minimum atomic E-state index is 0.130. The highest BCUT2D eigenvalue weighted by Gasteiger charge is 2.07. The maximum Gasteiger partial charge on any atom is 0.218 e. The van der Waals surface area contributed by atoms with E-state index in [1.54, 1.807) is 0 Å². The highest BCUT2D eigenvalue weighted by atomic mass is 16.5. The zero-order valence-electron chi connectivity index (χ0n) is 11.4. The average Bonchev–Trinajstić information content (AvgIpc) is 2.14. The third-order valence-corrected chi connectivity index (χ3v) is 2.22. The second-order valence-corrected chi connectivity index (χ2v) is 5.08. The van der Waals surface area contributed by atoms with Crippen LogP contribution in [0.3, 0.4) is 0 Å². The quantitative estimate of drug-likeness (QED) is 0.825. The molecule has 0 aliphatic rings. The molecule has 1 aromatic rings. The lowest BCUT2D eigenvalue weighted by molar-refractivity contribution is 0.232. The lowest BCUT2D eigenvalue weighted by Crippen LogP contribution is -2.18. The third-order valence-electron chi connectivity index (χ3n) is 2.22. The fourth-order valence-electron chi connectivity index (χ4n) is 1.74. The standard InChI is InChI=1S/C13H23N3O/c1-9(2)6-11(5)16-12-7-13(15-8-14-12)17-10(3)4/h7-11H,6H2,1-5H3,(H,14,15,16). The van der Waals surface area contributed by atoms with E-state index in [1.807, 2.05) is 19.9 Å². The van der Waals surface area contributed by atoms with Gasteiger partial charge in [0.1, 0.15) is 12.1 Å². The van der Waals surface area contributed by atoms with Crippen LogP contribution >= 0.6 is 0 Å². The molecule has 0 aromatic carbocycles. The number of nitrogens with zero attached hydrogens (tertiary/aromatic N) is 2. The van der Waals surface area contributed by atoms with E-state index in [-0.39, 0.29) is 6.10 Å². The van der Waals surface area contributed by atoms with Gasteiger partial charge in [-0.3, -0.25) is 0 Å². The fourth-order valence-corrected chi connectivity index (χ4v) is 1.74. The monoisotopic (exact) mass is 237 g/mol. The first-order valence-corrected chi connectivity index (χ1v) is 6.22. The lowest BCUT2D eigenvalue weighted by Gasteiger charge is -2.17. The zero-order chi connectivity index (χ0) is 12.8. The van der Waals surface area contributed by atoms with E-state index in [1.165, 1.54) is 6.33 Å². The Morgan fingerprint density at radius 1 is 1.18 bits per heavy atom. The van der Waals surface area contributed by atoms with E-state index in [4.69, 9.17) is 4.74 Å². The van der Waals surface area contributed by atoms with E-state index in [0.717, 1.165) is 12.2 Å². The number of ether oxygens (including phenoxy) is 1. The van der Waals surface area contributed by atoms with Gasteiger partial charge >= 0.3 is 0 Å². The highest BCUT2D eigenvalue weighted by molar-refractivity contribution is 5.37. The number of aromatic nitrogens is 2. The molecular formula is C13H23N3O. The van der Waals surface area contributed by atoms with Crippen LogP contribution in [0.1, 0.15) is 41.0 Å². The van der Waals surface area contributed by atoms with Crippen LogP contribution in [0, 0.1) is 5.92 Å². The third kappa shape index (κ3) is 5.52. The minimum absolute atomic E-state index is 0.130. The topological polar surface area (TPSA) is 47.0 Å². The van der Waals surface area contributed by atoms with Crippen LogP contribution in [0.15, 0.2) is 12.4 Å². The van der Waals surface area contributed by atoms with Gasteiger partial charge in [0.2, 0.25) is 5.88 Å². The maximum absolute atomic E-state index is 5.53. The summed E-state index contributed by atoms with van der Waals surface area (Å²) in [5, 5.41) is 3.36. The molecule has 0 amide bonds. The first-order chi connectivity index (χ1) is 7.97. The Morgan fingerprint density at radius 3 is 2.47 bits per heavy atom. The molecule has 1 unspecified atom stereocenters. The summed E-state index contributed by atoms with van der Waals surface area (Å²) in [7, 11) is 0. The van der Waals surface area contributed by atoms with Gasteiger partial charge in [0.15, 0.2) is 0 Å². The van der Waals surface area contributed by atoms with Gasteiger partial charge in [0, 0.05) is 12.1 Å². The molecule has 0 bridgehead atoms. The van der Waals surface area contributed by atoms with Gasteiger partial charge in [-0.25, -0.2) is 9.97 Å². The SMILES string of the molecule is CC(C)CC(C)Nc1cc(OC(C)C)ncn1. The van der Waals surface area contributed by atoms with Crippen LogP contribution < -0.4 is 10.1 Å². The summed E-state index contributed by atoms with van der Waals surface area (Å²) in [6, 6.07) is 2.24. The number of hydrogen-bond donors (Lipinski definition) is 1. The van der Waals surface area contributed by atoms with Gasteiger partial charge in [0.05, 0.1) is 6.10 Å². The second kappa shape index (κ2) is 6.42. The summed E-state index contributed by atoms with van der Waals surface area (Å²) in [5.74, 6) is 2.11. The average molecular weight is 237 g/mol. The zero-order valence-corrected chi connectivity index (χ0v) is 11.4. The molecule has 1 atom stereocenters. The van der Waals surface area contributed by atoms with Crippen LogP contribution in [0.4, 0.5) is 5.82 Å². The van der Waals surface area contributed by atoms with Crippen LogP contribution in [0.25, 0.3) is 0 Å². The van der Waals surface area contributed by atoms with Gasteiger partial charge in [-0.05, 0) is 33.1 Å². The minimum Gasteiger partial charge on any atom is -0.475 e. The van der Waals surface area contributed by atoms with E-state index in [2.05, 4.69) is 36.1 Å². The molecule has 0 saturated heterocycles. The molecule has 0 fully saturated rings. The van der Waals surface area contributed by atoms with Crippen molar-refractivity contribution >= 4 is 5.82 Å². The first-order valence-electron chi connectivity index (χ1n) is 6.22. The van der Waals surface area contributed by atoms with E-state index in [9.17, 15) is 0 Å². The number of anilines is 1. The summed E-state index contributed by atoms with van der Waals surface area (Å²) in [4.78, 5) is 8.27. The van der Waals surface area contributed by atoms with Gasteiger partial charge in [-0.1, -0.05) is 13.8 Å².